The van der Waals surface area contributed by atoms with Crippen molar-refractivity contribution in [3.05, 3.63) is 22.3 Å². The van der Waals surface area contributed by atoms with Gasteiger partial charge in [-0.15, -0.1) is 11.3 Å². The van der Waals surface area contributed by atoms with Crippen LogP contribution in [0.3, 0.4) is 0 Å². The molecule has 0 saturated carbocycles. The van der Waals surface area contributed by atoms with Gasteiger partial charge in [0.2, 0.25) is 0 Å². The normalized spacial score (nSPS) is 10.6. The molecule has 2 heterocycles. The number of anilines is 1. The Labute approximate surface area is 109 Å². The third-order valence-corrected chi connectivity index (χ3v) is 3.37. The lowest BCUT2D eigenvalue weighted by molar-refractivity contribution is 0.0519. The number of carbonyl (C=O) groups is 1. The number of rotatable bonds is 3. The molecule has 0 fully saturated rings. The van der Waals surface area contributed by atoms with Crippen LogP contribution in [0.25, 0.3) is 11.3 Å². The first-order chi connectivity index (χ1) is 8.54. The highest BCUT2D eigenvalue weighted by Crippen LogP contribution is 2.31. The van der Waals surface area contributed by atoms with Crippen LogP contribution in [0.5, 0.6) is 0 Å². The van der Waals surface area contributed by atoms with Crippen molar-refractivity contribution in [2.75, 3.05) is 12.3 Å². The topological polar surface area (TPSA) is 81.0 Å². The molecule has 0 aliphatic carbocycles. The number of nitrogens with one attached hydrogen (secondary N) is 1. The zero-order valence-corrected chi connectivity index (χ0v) is 11.4. The minimum Gasteiger partial charge on any atom is -0.461 e. The minimum atomic E-state index is -0.340. The predicted octanol–water partition coefficient (Wildman–Crippen LogP) is 2.51. The molecule has 0 radical (unpaired) electrons. The Morgan fingerprint density at radius 1 is 1.56 bits per heavy atom. The van der Waals surface area contributed by atoms with Gasteiger partial charge in [0, 0.05) is 16.6 Å². The fourth-order valence-corrected chi connectivity index (χ4v) is 2.50. The van der Waals surface area contributed by atoms with Crippen LogP contribution < -0.4 is 5.73 Å². The summed E-state index contributed by atoms with van der Waals surface area (Å²) < 4.78 is 5.01. The maximum absolute atomic E-state index is 11.8. The van der Waals surface area contributed by atoms with Crippen molar-refractivity contribution in [2.45, 2.75) is 20.8 Å². The number of ether oxygens (including phenoxy) is 1. The molecule has 0 bridgehead atoms. The summed E-state index contributed by atoms with van der Waals surface area (Å²) in [6, 6.07) is 0. The number of aromatic nitrogens is 2. The Morgan fingerprint density at radius 3 is 2.83 bits per heavy atom. The van der Waals surface area contributed by atoms with Crippen LogP contribution in [0.2, 0.25) is 0 Å². The van der Waals surface area contributed by atoms with Crippen LogP contribution >= 0.6 is 11.3 Å². The molecule has 5 nitrogen and oxygen atoms in total. The number of aromatic amines is 1. The van der Waals surface area contributed by atoms with E-state index in [1.807, 2.05) is 19.2 Å². The molecule has 18 heavy (non-hydrogen) atoms. The lowest BCUT2D eigenvalue weighted by atomic mass is 10.1. The van der Waals surface area contributed by atoms with Crippen molar-refractivity contribution in [3.63, 3.8) is 0 Å². The van der Waals surface area contributed by atoms with Gasteiger partial charge in [-0.3, -0.25) is 0 Å². The van der Waals surface area contributed by atoms with Crippen LogP contribution in [-0.2, 0) is 4.74 Å². The van der Waals surface area contributed by atoms with E-state index in [4.69, 9.17) is 10.5 Å². The fourth-order valence-electron chi connectivity index (χ4n) is 1.94. The third kappa shape index (κ3) is 2.11. The Balaban J connectivity index is 2.47. The van der Waals surface area contributed by atoms with E-state index in [1.165, 1.54) is 11.3 Å². The van der Waals surface area contributed by atoms with Crippen LogP contribution in [0.1, 0.15) is 28.7 Å². The number of hydrogen-bond acceptors (Lipinski definition) is 5. The fraction of sp³-hybridized carbons (Fsp3) is 0.333. The number of H-pyrrole nitrogens is 1. The van der Waals surface area contributed by atoms with Crippen molar-refractivity contribution >= 4 is 22.4 Å². The Kier molecular flexibility index (Phi) is 3.38. The smallest absolute Gasteiger partial charge is 0.355 e. The van der Waals surface area contributed by atoms with Crippen LogP contribution in [0.4, 0.5) is 5.13 Å². The van der Waals surface area contributed by atoms with Crippen LogP contribution in [-0.4, -0.2) is 22.5 Å². The molecule has 0 aromatic carbocycles. The Bertz CT molecular complexity index is 586. The summed E-state index contributed by atoms with van der Waals surface area (Å²) in [6.07, 6.45) is 0. The largest absolute Gasteiger partial charge is 0.461 e. The lowest BCUT2D eigenvalue weighted by Gasteiger charge is -2.00. The molecular formula is C12H15N3O2S. The van der Waals surface area contributed by atoms with Gasteiger partial charge in [0.05, 0.1) is 12.3 Å². The van der Waals surface area contributed by atoms with E-state index in [1.54, 1.807) is 6.92 Å². The first-order valence-electron chi connectivity index (χ1n) is 5.62. The number of nitrogens with zero attached hydrogens (tertiary/aromatic N) is 1. The van der Waals surface area contributed by atoms with E-state index < -0.39 is 0 Å². The van der Waals surface area contributed by atoms with Crippen LogP contribution in [0, 0.1) is 13.8 Å². The quantitative estimate of drug-likeness (QED) is 0.835. The van der Waals surface area contributed by atoms with Gasteiger partial charge in [0.15, 0.2) is 5.13 Å². The van der Waals surface area contributed by atoms with Crippen LogP contribution in [0.15, 0.2) is 5.38 Å². The van der Waals surface area contributed by atoms with Crippen molar-refractivity contribution in [3.8, 4) is 11.3 Å². The molecule has 0 aliphatic rings. The second-order valence-electron chi connectivity index (χ2n) is 3.92. The molecule has 0 saturated heterocycles. The van der Waals surface area contributed by atoms with Gasteiger partial charge >= 0.3 is 5.97 Å². The number of nitrogen functional groups attached to an aromatic ring is 1. The third-order valence-electron chi connectivity index (χ3n) is 2.70. The number of nitrogens with two attached hydrogens (primary N) is 1. The van der Waals surface area contributed by atoms with Crippen molar-refractivity contribution in [2.24, 2.45) is 0 Å². The van der Waals surface area contributed by atoms with Gasteiger partial charge in [0.1, 0.15) is 5.69 Å². The standard InChI is InChI=1S/C12H15N3O2S/c1-4-17-11(16)10-6(2)9(7(3)14-10)8-5-18-12(13)15-8/h5,14H,4H2,1-3H3,(H2,13,15). The van der Waals surface area contributed by atoms with E-state index in [0.29, 0.717) is 17.4 Å². The number of carbonyl (C=O) groups excluding carboxylic acids is 1. The minimum absolute atomic E-state index is 0.340. The molecule has 3 N–H and O–H groups in total. The van der Waals surface area contributed by atoms with E-state index in [2.05, 4.69) is 9.97 Å². The van der Waals surface area contributed by atoms with E-state index in [0.717, 1.165) is 22.5 Å². The van der Waals surface area contributed by atoms with Gasteiger partial charge in [-0.25, -0.2) is 9.78 Å². The van der Waals surface area contributed by atoms with Gasteiger partial charge in [-0.1, -0.05) is 0 Å². The monoisotopic (exact) mass is 265 g/mol. The van der Waals surface area contributed by atoms with Crippen molar-refractivity contribution < 1.29 is 9.53 Å². The van der Waals surface area contributed by atoms with E-state index >= 15 is 0 Å². The second-order valence-corrected chi connectivity index (χ2v) is 4.81. The molecule has 0 aliphatic heterocycles. The van der Waals surface area contributed by atoms with E-state index in [-0.39, 0.29) is 5.97 Å². The second kappa shape index (κ2) is 4.81. The summed E-state index contributed by atoms with van der Waals surface area (Å²) in [6.45, 7) is 5.92. The van der Waals surface area contributed by atoms with Crippen molar-refractivity contribution in [1.29, 1.82) is 0 Å². The van der Waals surface area contributed by atoms with Gasteiger partial charge in [-0.05, 0) is 26.3 Å². The summed E-state index contributed by atoms with van der Waals surface area (Å²) >= 11 is 1.38. The highest BCUT2D eigenvalue weighted by Gasteiger charge is 2.20. The molecule has 6 heteroatoms. The summed E-state index contributed by atoms with van der Waals surface area (Å²) in [5, 5.41) is 2.40. The number of thiazole rings is 1. The Hall–Kier alpha value is -1.82. The summed E-state index contributed by atoms with van der Waals surface area (Å²) in [4.78, 5) is 19.1. The highest BCUT2D eigenvalue weighted by atomic mass is 32.1. The summed E-state index contributed by atoms with van der Waals surface area (Å²) in [7, 11) is 0. The SMILES string of the molecule is CCOC(=O)c1[nH]c(C)c(-c2csc(N)n2)c1C. The molecular weight excluding hydrogens is 250 g/mol. The molecule has 2 aromatic heterocycles. The number of esters is 1. The zero-order valence-electron chi connectivity index (χ0n) is 10.5. The van der Waals surface area contributed by atoms with Gasteiger partial charge in [0.25, 0.3) is 0 Å². The zero-order chi connectivity index (χ0) is 13.3. The molecule has 2 aromatic rings. The van der Waals surface area contributed by atoms with Gasteiger partial charge < -0.3 is 15.5 Å². The number of hydrogen-bond donors (Lipinski definition) is 2. The molecule has 0 amide bonds. The number of aryl methyl sites for hydroxylation is 1. The first kappa shape index (κ1) is 12.6. The Morgan fingerprint density at radius 2 is 2.28 bits per heavy atom. The average Bonchev–Trinajstić information content (AvgIpc) is 2.83. The molecule has 0 atom stereocenters. The first-order valence-corrected chi connectivity index (χ1v) is 6.50. The average molecular weight is 265 g/mol. The summed E-state index contributed by atoms with van der Waals surface area (Å²) in [5.74, 6) is -0.340. The molecule has 0 unspecified atom stereocenters. The highest BCUT2D eigenvalue weighted by molar-refractivity contribution is 7.13. The van der Waals surface area contributed by atoms with Crippen molar-refractivity contribution in [1.82, 2.24) is 9.97 Å². The predicted molar refractivity (Wildman–Crippen MR) is 71.7 cm³/mol. The van der Waals surface area contributed by atoms with Gasteiger partial charge in [-0.2, -0.15) is 0 Å². The van der Waals surface area contributed by atoms with E-state index in [9.17, 15) is 4.79 Å². The molecule has 96 valence electrons. The lowest BCUT2D eigenvalue weighted by Crippen LogP contribution is -2.06. The summed E-state index contributed by atoms with van der Waals surface area (Å²) in [5.41, 5.74) is 9.56. The molecule has 2 rings (SSSR count). The maximum atomic E-state index is 11.8. The molecule has 0 spiro atoms. The maximum Gasteiger partial charge on any atom is 0.355 e.